The minimum Gasteiger partial charge on any atom is -0.0993 e. The smallest absolute Gasteiger partial charge is 0.0347 e. The molecule has 0 aliphatic heterocycles. The van der Waals surface area contributed by atoms with Crippen LogP contribution in [0.3, 0.4) is 0 Å². The fourth-order valence-corrected chi connectivity index (χ4v) is 0.433. The molecule has 0 N–H and O–H groups in total. The van der Waals surface area contributed by atoms with Gasteiger partial charge < -0.3 is 0 Å². The highest BCUT2D eigenvalue weighted by molar-refractivity contribution is 7.41. The lowest BCUT2D eigenvalue weighted by Gasteiger charge is -1.74. The van der Waals surface area contributed by atoms with E-state index in [0.29, 0.717) is 0 Å². The van der Waals surface area contributed by atoms with E-state index in [2.05, 4.69) is 27.4 Å². The molecule has 0 aromatic carbocycles. The molecule has 0 aliphatic carbocycles. The fourth-order valence-electron chi connectivity index (χ4n) is 0.144. The Kier molecular flexibility index (Phi) is 234. The maximum absolute atomic E-state index is 3.56. The first kappa shape index (κ1) is 29.2. The third kappa shape index (κ3) is 322. The van der Waals surface area contributed by atoms with Crippen LogP contribution in [0.4, 0.5) is 0 Å². The first-order valence-electron chi connectivity index (χ1n) is 6.17. The van der Waals surface area contributed by atoms with E-state index < -0.39 is 0 Å². The average molecular weight is 222 g/mol. The van der Waals surface area contributed by atoms with Crippen molar-refractivity contribution < 1.29 is 0 Å². The first-order chi connectivity index (χ1) is 6.83. The molecular weight excluding hydrogens is 187 g/mol. The molecule has 0 radical (unpaired) electrons. The molecule has 0 aromatic heterocycles. The molecule has 0 heterocycles. The van der Waals surface area contributed by atoms with Crippen molar-refractivity contribution in [1.82, 2.24) is 0 Å². The van der Waals surface area contributed by atoms with Crippen molar-refractivity contribution in [3.8, 4) is 0 Å². The molecule has 1 heteroatoms. The topological polar surface area (TPSA) is 0 Å². The third-order valence-corrected chi connectivity index (χ3v) is 1.05. The number of hydrogen-bond donors (Lipinski definition) is 0. The van der Waals surface area contributed by atoms with E-state index >= 15 is 0 Å². The predicted octanol–water partition coefficient (Wildman–Crippen LogP) is 6.32. The average Bonchev–Trinajstić information content (AvgIpc) is 2.29. The molecule has 0 rings (SSSR count). The molecule has 92 valence electrons. The maximum atomic E-state index is 3.56. The third-order valence-electron chi connectivity index (χ3n) is 0.348. The Labute approximate surface area is 96.4 Å². The Balaban J connectivity index is -0.0000000263. The Hall–Kier alpha value is 0.170. The highest BCUT2D eigenvalue weighted by atomic mass is 31.1. The maximum Gasteiger partial charge on any atom is -0.0347 e. The molecule has 1 unspecified atom stereocenters. The van der Waals surface area contributed by atoms with Gasteiger partial charge in [0, 0.05) is 0 Å². The zero-order valence-corrected chi connectivity index (χ0v) is 13.2. The molecule has 0 nitrogen and oxygen atoms in total. The van der Waals surface area contributed by atoms with Crippen LogP contribution in [0.25, 0.3) is 0 Å². The molecule has 0 spiro atoms. The fraction of sp³-hybridized carbons (Fsp3) is 0.846. The summed E-state index contributed by atoms with van der Waals surface area (Å²) < 4.78 is 0. The Bertz CT molecular complexity index is 34.2. The van der Waals surface area contributed by atoms with Crippen molar-refractivity contribution in [2.75, 3.05) is 6.16 Å². The SMILES string of the molecule is C=CPCC.CC.CC.CC.CCC. The molecule has 1 atom stereocenters. The van der Waals surface area contributed by atoms with Crippen molar-refractivity contribution in [3.05, 3.63) is 12.4 Å². The lowest BCUT2D eigenvalue weighted by atomic mass is 10.6. The van der Waals surface area contributed by atoms with Crippen LogP contribution in [0.1, 0.15) is 68.7 Å². The summed E-state index contributed by atoms with van der Waals surface area (Å²) in [4.78, 5) is 0. The van der Waals surface area contributed by atoms with E-state index in [9.17, 15) is 0 Å². The summed E-state index contributed by atoms with van der Waals surface area (Å²) in [5.74, 6) is 1.96. The molecule has 0 bridgehead atoms. The van der Waals surface area contributed by atoms with Crippen LogP contribution in [-0.4, -0.2) is 6.16 Å². The molecular formula is C13H35P. The number of rotatable bonds is 2. The van der Waals surface area contributed by atoms with E-state index in [1.165, 1.54) is 12.6 Å². The van der Waals surface area contributed by atoms with Crippen molar-refractivity contribution in [2.24, 2.45) is 0 Å². The van der Waals surface area contributed by atoms with Gasteiger partial charge in [-0.05, 0) is 6.16 Å². The van der Waals surface area contributed by atoms with Crippen molar-refractivity contribution in [3.63, 3.8) is 0 Å². The quantitative estimate of drug-likeness (QED) is 0.479. The monoisotopic (exact) mass is 222 g/mol. The number of hydrogen-bond acceptors (Lipinski definition) is 0. The highest BCUT2D eigenvalue weighted by Crippen LogP contribution is 2.05. The zero-order valence-electron chi connectivity index (χ0n) is 12.2. The first-order valence-corrected chi connectivity index (χ1v) is 7.46. The molecule has 0 saturated carbocycles. The van der Waals surface area contributed by atoms with Crippen LogP contribution in [0.5, 0.6) is 0 Å². The van der Waals surface area contributed by atoms with Crippen LogP contribution < -0.4 is 0 Å². The highest BCUT2D eigenvalue weighted by Gasteiger charge is 1.60. The van der Waals surface area contributed by atoms with Gasteiger partial charge in [0.15, 0.2) is 0 Å². The zero-order chi connectivity index (χ0) is 12.8. The normalized spacial score (nSPS) is 6.07. The van der Waals surface area contributed by atoms with E-state index in [0.717, 1.165) is 8.58 Å². The van der Waals surface area contributed by atoms with Crippen LogP contribution in [0.2, 0.25) is 0 Å². The van der Waals surface area contributed by atoms with Gasteiger partial charge in [-0.15, -0.1) is 0 Å². The van der Waals surface area contributed by atoms with Gasteiger partial charge in [-0.2, -0.15) is 0 Å². The van der Waals surface area contributed by atoms with Gasteiger partial charge >= 0.3 is 0 Å². The second kappa shape index (κ2) is 112. The van der Waals surface area contributed by atoms with Gasteiger partial charge in [0.2, 0.25) is 0 Å². The van der Waals surface area contributed by atoms with E-state index in [4.69, 9.17) is 0 Å². The summed E-state index contributed by atoms with van der Waals surface area (Å²) in [6, 6.07) is 0. The van der Waals surface area contributed by atoms with Crippen LogP contribution in [-0.2, 0) is 0 Å². The van der Waals surface area contributed by atoms with E-state index in [1.807, 2.05) is 47.4 Å². The summed E-state index contributed by atoms with van der Waals surface area (Å²) >= 11 is 0. The Morgan fingerprint density at radius 1 is 0.857 bits per heavy atom. The summed E-state index contributed by atoms with van der Waals surface area (Å²) in [6.45, 7) is 22.0. The van der Waals surface area contributed by atoms with Crippen LogP contribution in [0, 0.1) is 0 Å². The lowest BCUT2D eigenvalue weighted by molar-refractivity contribution is 1.09. The molecule has 0 aromatic rings. The van der Waals surface area contributed by atoms with E-state index in [1.54, 1.807) is 0 Å². The largest absolute Gasteiger partial charge is 0.0993 e. The Morgan fingerprint density at radius 2 is 1.07 bits per heavy atom. The summed E-state index contributed by atoms with van der Waals surface area (Å²) in [7, 11) is 0.961. The summed E-state index contributed by atoms with van der Waals surface area (Å²) in [6.07, 6.45) is 2.50. The lowest BCUT2D eigenvalue weighted by Crippen LogP contribution is -1.46. The molecule has 0 amide bonds. The van der Waals surface area contributed by atoms with E-state index in [-0.39, 0.29) is 0 Å². The van der Waals surface area contributed by atoms with Gasteiger partial charge in [0.25, 0.3) is 0 Å². The van der Waals surface area contributed by atoms with Gasteiger partial charge in [-0.1, -0.05) is 89.7 Å². The second-order valence-electron chi connectivity index (χ2n) is 1.47. The predicted molar refractivity (Wildman–Crippen MR) is 79.1 cm³/mol. The molecule has 0 fully saturated rings. The van der Waals surface area contributed by atoms with Gasteiger partial charge in [-0.3, -0.25) is 0 Å². The minimum absolute atomic E-state index is 0.961. The minimum atomic E-state index is 0.961. The van der Waals surface area contributed by atoms with Gasteiger partial charge in [0.05, 0.1) is 0 Å². The van der Waals surface area contributed by atoms with Crippen molar-refractivity contribution in [2.45, 2.75) is 68.7 Å². The van der Waals surface area contributed by atoms with Crippen LogP contribution >= 0.6 is 8.58 Å². The second-order valence-corrected chi connectivity index (χ2v) is 2.99. The Morgan fingerprint density at radius 3 is 1.07 bits per heavy atom. The summed E-state index contributed by atoms with van der Waals surface area (Å²) in [5, 5.41) is 0. The molecule has 0 aliphatic rings. The van der Waals surface area contributed by atoms with Crippen molar-refractivity contribution in [1.29, 1.82) is 0 Å². The van der Waals surface area contributed by atoms with Crippen LogP contribution in [0.15, 0.2) is 12.4 Å². The van der Waals surface area contributed by atoms with Gasteiger partial charge in [0.1, 0.15) is 0 Å². The summed E-state index contributed by atoms with van der Waals surface area (Å²) in [5.41, 5.74) is 0. The molecule has 0 saturated heterocycles. The van der Waals surface area contributed by atoms with Gasteiger partial charge in [-0.25, -0.2) is 0 Å². The standard InChI is InChI=1S/C4H9P.C3H8.3C2H6/c1-3-5-4-2;1-3-2;3*1-2/h3,5H,1,4H2,2H3;3H2,1-2H3;3*1-2H3. The molecule has 14 heavy (non-hydrogen) atoms. The van der Waals surface area contributed by atoms with Crippen molar-refractivity contribution >= 4 is 8.58 Å².